The van der Waals surface area contributed by atoms with E-state index >= 15 is 0 Å². The number of pyridine rings is 2. The van der Waals surface area contributed by atoms with Crippen LogP contribution in [0.3, 0.4) is 0 Å². The van der Waals surface area contributed by atoms with Crippen LogP contribution in [0.5, 0.6) is 5.88 Å². The predicted octanol–water partition coefficient (Wildman–Crippen LogP) is 4.05. The average molecular weight is 375 g/mol. The van der Waals surface area contributed by atoms with E-state index in [1.54, 1.807) is 30.5 Å². The van der Waals surface area contributed by atoms with Crippen LogP contribution in [0.2, 0.25) is 0 Å². The standard InChI is InChI=1S/C15H11BrN4O3/c1-23-14-5-3-10(7-18-14)19-15-11-6-9(16)2-4-12(11)17-8-13(15)20(21)22/h2-8H,1H3,(H,17,19). The number of anilines is 2. The Morgan fingerprint density at radius 1 is 1.22 bits per heavy atom. The van der Waals surface area contributed by atoms with E-state index in [-0.39, 0.29) is 5.69 Å². The van der Waals surface area contributed by atoms with Crippen molar-refractivity contribution in [1.29, 1.82) is 0 Å². The lowest BCUT2D eigenvalue weighted by Gasteiger charge is -2.10. The van der Waals surface area contributed by atoms with Crippen LogP contribution in [0.4, 0.5) is 17.1 Å². The van der Waals surface area contributed by atoms with E-state index in [1.165, 1.54) is 13.3 Å². The topological polar surface area (TPSA) is 90.2 Å². The Bertz CT molecular complexity index is 884. The minimum atomic E-state index is -0.466. The number of nitrogens with one attached hydrogen (secondary N) is 1. The molecule has 1 aromatic carbocycles. The van der Waals surface area contributed by atoms with Gasteiger partial charge >= 0.3 is 5.69 Å². The van der Waals surface area contributed by atoms with Crippen LogP contribution in [0.1, 0.15) is 0 Å². The molecule has 0 radical (unpaired) electrons. The summed E-state index contributed by atoms with van der Waals surface area (Å²) in [7, 11) is 1.52. The van der Waals surface area contributed by atoms with Crippen LogP contribution in [-0.2, 0) is 0 Å². The number of hydrogen-bond acceptors (Lipinski definition) is 6. The maximum atomic E-state index is 11.3. The number of nitro groups is 1. The van der Waals surface area contributed by atoms with Gasteiger partial charge in [0.15, 0.2) is 0 Å². The van der Waals surface area contributed by atoms with E-state index < -0.39 is 4.92 Å². The first-order valence-electron chi connectivity index (χ1n) is 6.58. The van der Waals surface area contributed by atoms with Crippen molar-refractivity contribution in [2.24, 2.45) is 0 Å². The predicted molar refractivity (Wildman–Crippen MR) is 90.2 cm³/mol. The molecular formula is C15H11BrN4O3. The van der Waals surface area contributed by atoms with Crippen molar-refractivity contribution in [1.82, 2.24) is 9.97 Å². The van der Waals surface area contributed by atoms with Gasteiger partial charge in [0.05, 0.1) is 29.4 Å². The summed E-state index contributed by atoms with van der Waals surface area (Å²) >= 11 is 3.38. The Morgan fingerprint density at radius 2 is 2.04 bits per heavy atom. The number of aromatic nitrogens is 2. The number of halogens is 1. The molecule has 3 aromatic rings. The molecule has 8 heteroatoms. The van der Waals surface area contributed by atoms with Crippen molar-refractivity contribution in [3.8, 4) is 5.88 Å². The summed E-state index contributed by atoms with van der Waals surface area (Å²) in [5.41, 5.74) is 1.53. The van der Waals surface area contributed by atoms with Gasteiger partial charge in [-0.3, -0.25) is 10.1 Å². The van der Waals surface area contributed by atoms with Crippen molar-refractivity contribution >= 4 is 43.9 Å². The average Bonchev–Trinajstić information content (AvgIpc) is 2.55. The lowest BCUT2D eigenvalue weighted by molar-refractivity contribution is -0.384. The summed E-state index contributed by atoms with van der Waals surface area (Å²) in [4.78, 5) is 19.1. The number of fused-ring (bicyclic) bond motifs is 1. The second-order valence-electron chi connectivity index (χ2n) is 4.65. The molecule has 0 bridgehead atoms. The number of hydrogen-bond donors (Lipinski definition) is 1. The minimum absolute atomic E-state index is 0.105. The smallest absolute Gasteiger partial charge is 0.311 e. The van der Waals surface area contributed by atoms with Gasteiger partial charge < -0.3 is 10.1 Å². The van der Waals surface area contributed by atoms with Gasteiger partial charge in [0, 0.05) is 15.9 Å². The van der Waals surface area contributed by atoms with Crippen LogP contribution >= 0.6 is 15.9 Å². The minimum Gasteiger partial charge on any atom is -0.481 e. The van der Waals surface area contributed by atoms with Crippen molar-refractivity contribution in [3.05, 3.63) is 57.3 Å². The Morgan fingerprint density at radius 3 is 2.70 bits per heavy atom. The van der Waals surface area contributed by atoms with Gasteiger partial charge in [0.25, 0.3) is 0 Å². The van der Waals surface area contributed by atoms with Crippen LogP contribution in [0, 0.1) is 10.1 Å². The highest BCUT2D eigenvalue weighted by Crippen LogP contribution is 2.35. The molecule has 0 unspecified atom stereocenters. The van der Waals surface area contributed by atoms with E-state index in [2.05, 4.69) is 31.2 Å². The summed E-state index contributed by atoms with van der Waals surface area (Å²) < 4.78 is 5.81. The quantitative estimate of drug-likeness (QED) is 0.547. The van der Waals surface area contributed by atoms with Crippen LogP contribution < -0.4 is 10.1 Å². The Hall–Kier alpha value is -2.74. The van der Waals surface area contributed by atoms with Crippen molar-refractivity contribution < 1.29 is 9.66 Å². The fourth-order valence-electron chi connectivity index (χ4n) is 2.14. The number of rotatable bonds is 4. The first-order valence-corrected chi connectivity index (χ1v) is 7.37. The molecule has 0 aliphatic rings. The molecule has 7 nitrogen and oxygen atoms in total. The molecule has 0 aliphatic carbocycles. The first-order chi connectivity index (χ1) is 11.1. The largest absolute Gasteiger partial charge is 0.481 e. The molecule has 1 N–H and O–H groups in total. The molecule has 0 atom stereocenters. The molecular weight excluding hydrogens is 364 g/mol. The molecule has 0 saturated heterocycles. The van der Waals surface area contributed by atoms with Crippen LogP contribution in [-0.4, -0.2) is 22.0 Å². The second-order valence-corrected chi connectivity index (χ2v) is 5.57. The Labute approximate surface area is 139 Å². The third kappa shape index (κ3) is 3.07. The van der Waals surface area contributed by atoms with Gasteiger partial charge in [-0.25, -0.2) is 9.97 Å². The highest BCUT2D eigenvalue weighted by molar-refractivity contribution is 9.10. The van der Waals surface area contributed by atoms with Gasteiger partial charge in [-0.1, -0.05) is 15.9 Å². The summed E-state index contributed by atoms with van der Waals surface area (Å²) in [6.45, 7) is 0. The van der Waals surface area contributed by atoms with E-state index in [0.29, 0.717) is 28.2 Å². The SMILES string of the molecule is COc1ccc(Nc2c([N+](=O)[O-])cnc3ccc(Br)cc23)cn1. The lowest BCUT2D eigenvalue weighted by atomic mass is 10.1. The molecule has 0 amide bonds. The molecule has 23 heavy (non-hydrogen) atoms. The fraction of sp³-hybridized carbons (Fsp3) is 0.0667. The summed E-state index contributed by atoms with van der Waals surface area (Å²) in [6.07, 6.45) is 2.79. The molecule has 3 rings (SSSR count). The zero-order valence-electron chi connectivity index (χ0n) is 12.0. The molecule has 2 heterocycles. The highest BCUT2D eigenvalue weighted by atomic mass is 79.9. The molecule has 0 saturated carbocycles. The summed E-state index contributed by atoms with van der Waals surface area (Å²) in [5, 5.41) is 15.0. The number of methoxy groups -OCH3 is 1. The molecule has 0 spiro atoms. The Kier molecular flexibility index (Phi) is 4.07. The van der Waals surface area contributed by atoms with E-state index in [4.69, 9.17) is 4.74 Å². The van der Waals surface area contributed by atoms with Gasteiger partial charge in [-0.05, 0) is 24.3 Å². The monoisotopic (exact) mass is 374 g/mol. The zero-order chi connectivity index (χ0) is 16.4. The van der Waals surface area contributed by atoms with E-state index in [9.17, 15) is 10.1 Å². The fourth-order valence-corrected chi connectivity index (χ4v) is 2.50. The van der Waals surface area contributed by atoms with E-state index in [0.717, 1.165) is 4.47 Å². The van der Waals surface area contributed by atoms with Crippen LogP contribution in [0.25, 0.3) is 10.9 Å². The molecule has 0 aliphatic heterocycles. The highest BCUT2D eigenvalue weighted by Gasteiger charge is 2.18. The second kappa shape index (κ2) is 6.17. The first kappa shape index (κ1) is 15.2. The van der Waals surface area contributed by atoms with Gasteiger partial charge in [0.1, 0.15) is 11.9 Å². The lowest BCUT2D eigenvalue weighted by Crippen LogP contribution is -2.00. The molecule has 2 aromatic heterocycles. The van der Waals surface area contributed by atoms with Gasteiger partial charge in [-0.15, -0.1) is 0 Å². The molecule has 0 fully saturated rings. The summed E-state index contributed by atoms with van der Waals surface area (Å²) in [6, 6.07) is 8.82. The third-order valence-electron chi connectivity index (χ3n) is 3.22. The third-order valence-corrected chi connectivity index (χ3v) is 3.71. The maximum absolute atomic E-state index is 11.3. The van der Waals surface area contributed by atoms with Crippen molar-refractivity contribution in [2.75, 3.05) is 12.4 Å². The molecule has 116 valence electrons. The Balaban J connectivity index is 2.14. The van der Waals surface area contributed by atoms with Crippen molar-refractivity contribution in [2.45, 2.75) is 0 Å². The van der Waals surface area contributed by atoms with Gasteiger partial charge in [-0.2, -0.15) is 0 Å². The van der Waals surface area contributed by atoms with Crippen LogP contribution in [0.15, 0.2) is 47.2 Å². The number of nitrogens with zero attached hydrogens (tertiary/aromatic N) is 3. The normalized spacial score (nSPS) is 10.5. The number of ether oxygens (including phenoxy) is 1. The van der Waals surface area contributed by atoms with Gasteiger partial charge in [0.2, 0.25) is 5.88 Å². The maximum Gasteiger partial charge on any atom is 0.311 e. The van der Waals surface area contributed by atoms with E-state index in [1.807, 2.05) is 6.07 Å². The number of benzene rings is 1. The summed E-state index contributed by atoms with van der Waals surface area (Å²) in [5.74, 6) is 0.465. The zero-order valence-corrected chi connectivity index (χ0v) is 13.6. The van der Waals surface area contributed by atoms with Crippen molar-refractivity contribution in [3.63, 3.8) is 0 Å².